The first-order valence-electron chi connectivity index (χ1n) is 12.4. The van der Waals surface area contributed by atoms with Crippen molar-refractivity contribution >= 4 is 34.8 Å². The highest BCUT2D eigenvalue weighted by atomic mass is 16.6. The SMILES string of the molecule is NC(=O)C1(N2CCCCC2)CCN(c2ccc(N3C(=O)[C@H]4CC=CC[C@H]4C3=O)cc2[N+](=O)[O-])CC1. The predicted molar refractivity (Wildman–Crippen MR) is 130 cm³/mol. The number of allylic oxidation sites excluding steroid dienone is 2. The van der Waals surface area contributed by atoms with Crippen LogP contribution in [-0.2, 0) is 14.4 Å². The number of primary amides is 1. The van der Waals surface area contributed by atoms with Crippen LogP contribution in [0.4, 0.5) is 17.1 Å². The standard InChI is InChI=1S/C25H31N5O5/c26-24(33)25(28-12-4-1-5-13-28)10-14-27(15-11-25)20-9-8-17(16-21(20)30(34)35)29-22(31)18-6-2-3-7-19(18)23(29)32/h2-3,8-9,16,18-19H,1,4-7,10-15H2,(H2,26,33)/t18-,19+. The molecule has 3 saturated heterocycles. The minimum absolute atomic E-state index is 0.152. The number of nitrogens with two attached hydrogens (primary N) is 1. The van der Waals surface area contributed by atoms with Crippen molar-refractivity contribution in [1.82, 2.24) is 4.90 Å². The first-order valence-corrected chi connectivity index (χ1v) is 12.4. The Hall–Kier alpha value is -3.27. The van der Waals surface area contributed by atoms with E-state index in [4.69, 9.17) is 5.73 Å². The summed E-state index contributed by atoms with van der Waals surface area (Å²) in [5.74, 6) is -1.71. The third-order valence-corrected chi connectivity index (χ3v) is 8.27. The molecule has 3 amide bonds. The molecule has 1 aliphatic carbocycles. The van der Waals surface area contributed by atoms with E-state index in [2.05, 4.69) is 4.90 Å². The Kier molecular flexibility index (Phi) is 6.08. The van der Waals surface area contributed by atoms with Crippen LogP contribution in [-0.4, -0.2) is 59.3 Å². The van der Waals surface area contributed by atoms with E-state index in [1.165, 1.54) is 6.07 Å². The summed E-state index contributed by atoms with van der Waals surface area (Å²) in [6.07, 6.45) is 9.07. The van der Waals surface area contributed by atoms with Crippen molar-refractivity contribution in [2.45, 2.75) is 50.5 Å². The number of piperidine rings is 2. The van der Waals surface area contributed by atoms with Crippen molar-refractivity contribution in [3.05, 3.63) is 40.5 Å². The van der Waals surface area contributed by atoms with E-state index in [9.17, 15) is 24.5 Å². The fourth-order valence-corrected chi connectivity index (χ4v) is 6.28. The molecule has 0 aromatic heterocycles. The lowest BCUT2D eigenvalue weighted by Crippen LogP contribution is -2.63. The van der Waals surface area contributed by atoms with Gasteiger partial charge in [-0.15, -0.1) is 0 Å². The number of likely N-dealkylation sites (tertiary alicyclic amines) is 1. The van der Waals surface area contributed by atoms with Gasteiger partial charge in [0, 0.05) is 19.2 Å². The molecule has 2 atom stereocenters. The second-order valence-corrected chi connectivity index (χ2v) is 10.0. The van der Waals surface area contributed by atoms with E-state index in [0.29, 0.717) is 44.5 Å². The minimum atomic E-state index is -0.718. The summed E-state index contributed by atoms with van der Waals surface area (Å²) >= 11 is 0. The number of nitrogens with zero attached hydrogens (tertiary/aromatic N) is 4. The van der Waals surface area contributed by atoms with E-state index in [1.807, 2.05) is 17.1 Å². The Bertz CT molecular complexity index is 1060. The molecule has 3 fully saturated rings. The molecule has 1 aromatic rings. The summed E-state index contributed by atoms with van der Waals surface area (Å²) in [7, 11) is 0. The van der Waals surface area contributed by atoms with Crippen LogP contribution in [0.5, 0.6) is 0 Å². The van der Waals surface area contributed by atoms with Gasteiger partial charge in [-0.1, -0.05) is 18.6 Å². The topological polar surface area (TPSA) is 130 Å². The molecule has 0 bridgehead atoms. The van der Waals surface area contributed by atoms with Gasteiger partial charge >= 0.3 is 0 Å². The second-order valence-electron chi connectivity index (χ2n) is 10.0. The molecule has 3 aliphatic heterocycles. The number of rotatable bonds is 5. The molecule has 0 saturated carbocycles. The van der Waals surface area contributed by atoms with Gasteiger partial charge in [0.1, 0.15) is 11.2 Å². The summed E-state index contributed by atoms with van der Waals surface area (Å²) in [4.78, 5) is 55.2. The molecule has 4 aliphatic rings. The normalized spacial score (nSPS) is 26.6. The summed E-state index contributed by atoms with van der Waals surface area (Å²) < 4.78 is 0. The predicted octanol–water partition coefficient (Wildman–Crippen LogP) is 2.36. The van der Waals surface area contributed by atoms with Crippen molar-refractivity contribution in [3.63, 3.8) is 0 Å². The molecule has 10 nitrogen and oxygen atoms in total. The van der Waals surface area contributed by atoms with Crippen LogP contribution in [0.1, 0.15) is 44.9 Å². The van der Waals surface area contributed by atoms with Crippen LogP contribution in [0.3, 0.4) is 0 Å². The molecule has 1 aromatic carbocycles. The number of carbonyl (C=O) groups is 3. The molecule has 35 heavy (non-hydrogen) atoms. The molecule has 2 N–H and O–H groups in total. The number of carbonyl (C=O) groups excluding carboxylic acids is 3. The number of hydrogen-bond acceptors (Lipinski definition) is 7. The molecule has 0 spiro atoms. The quantitative estimate of drug-likeness (QED) is 0.296. The largest absolute Gasteiger partial charge is 0.368 e. The zero-order valence-corrected chi connectivity index (χ0v) is 19.7. The number of benzene rings is 1. The maximum atomic E-state index is 12.9. The second kappa shape index (κ2) is 9.07. The van der Waals surface area contributed by atoms with Crippen LogP contribution in [0.25, 0.3) is 0 Å². The van der Waals surface area contributed by atoms with Crippen LogP contribution in [0.2, 0.25) is 0 Å². The van der Waals surface area contributed by atoms with E-state index in [-0.39, 0.29) is 29.1 Å². The number of imide groups is 1. The van der Waals surface area contributed by atoms with Gasteiger partial charge in [0.25, 0.3) is 5.69 Å². The molecular weight excluding hydrogens is 450 g/mol. The lowest BCUT2D eigenvalue weighted by Gasteiger charge is -2.48. The van der Waals surface area contributed by atoms with E-state index < -0.39 is 22.3 Å². The molecule has 0 unspecified atom stereocenters. The third kappa shape index (κ3) is 3.89. The van der Waals surface area contributed by atoms with Crippen LogP contribution in [0.15, 0.2) is 30.4 Å². The van der Waals surface area contributed by atoms with Crippen LogP contribution < -0.4 is 15.5 Å². The van der Waals surface area contributed by atoms with Gasteiger partial charge in [-0.25, -0.2) is 4.90 Å². The van der Waals surface area contributed by atoms with Gasteiger partial charge in [-0.3, -0.25) is 29.4 Å². The number of nitro groups is 1. The minimum Gasteiger partial charge on any atom is -0.368 e. The Morgan fingerprint density at radius 1 is 0.971 bits per heavy atom. The van der Waals surface area contributed by atoms with Gasteiger partial charge < -0.3 is 10.6 Å². The van der Waals surface area contributed by atoms with Gasteiger partial charge in [-0.2, -0.15) is 0 Å². The molecule has 5 rings (SSSR count). The molecule has 0 radical (unpaired) electrons. The number of hydrogen-bond donors (Lipinski definition) is 1. The zero-order valence-electron chi connectivity index (χ0n) is 19.7. The van der Waals surface area contributed by atoms with Gasteiger partial charge in [0.05, 0.1) is 22.4 Å². The molecular formula is C25H31N5O5. The third-order valence-electron chi connectivity index (χ3n) is 8.27. The zero-order chi connectivity index (χ0) is 24.7. The highest BCUT2D eigenvalue weighted by molar-refractivity contribution is 6.22. The highest BCUT2D eigenvalue weighted by Gasteiger charge is 2.49. The van der Waals surface area contributed by atoms with Crippen LogP contribution >= 0.6 is 0 Å². The summed E-state index contributed by atoms with van der Waals surface area (Å²) in [6.45, 7) is 2.59. The van der Waals surface area contributed by atoms with Crippen molar-refractivity contribution in [2.75, 3.05) is 36.0 Å². The van der Waals surface area contributed by atoms with Gasteiger partial charge in [0.15, 0.2) is 0 Å². The Morgan fingerprint density at radius 3 is 2.11 bits per heavy atom. The summed E-state index contributed by atoms with van der Waals surface area (Å²) in [5, 5.41) is 12.0. The first kappa shape index (κ1) is 23.5. The monoisotopic (exact) mass is 481 g/mol. The average Bonchev–Trinajstić information content (AvgIpc) is 3.14. The smallest absolute Gasteiger partial charge is 0.294 e. The fourth-order valence-electron chi connectivity index (χ4n) is 6.28. The number of anilines is 2. The Labute approximate surface area is 203 Å². The van der Waals surface area contributed by atoms with E-state index >= 15 is 0 Å². The lowest BCUT2D eigenvalue weighted by atomic mass is 9.83. The Balaban J connectivity index is 1.39. The lowest BCUT2D eigenvalue weighted by molar-refractivity contribution is -0.384. The van der Waals surface area contributed by atoms with E-state index in [0.717, 1.165) is 37.3 Å². The summed E-state index contributed by atoms with van der Waals surface area (Å²) in [5.41, 5.74) is 5.67. The molecule has 186 valence electrons. The molecule has 3 heterocycles. The maximum absolute atomic E-state index is 12.9. The maximum Gasteiger partial charge on any atom is 0.294 e. The highest BCUT2D eigenvalue weighted by Crippen LogP contribution is 2.41. The van der Waals surface area contributed by atoms with Crippen molar-refractivity contribution < 1.29 is 19.3 Å². The van der Waals surface area contributed by atoms with Crippen molar-refractivity contribution in [2.24, 2.45) is 17.6 Å². The van der Waals surface area contributed by atoms with Crippen molar-refractivity contribution in [1.29, 1.82) is 0 Å². The number of amides is 3. The number of fused-ring (bicyclic) bond motifs is 1. The first-order chi connectivity index (χ1) is 16.8. The van der Waals surface area contributed by atoms with Gasteiger partial charge in [-0.05, 0) is 63.7 Å². The fraction of sp³-hybridized carbons (Fsp3) is 0.560. The van der Waals surface area contributed by atoms with Gasteiger partial charge in [0.2, 0.25) is 17.7 Å². The summed E-state index contributed by atoms with van der Waals surface area (Å²) in [6, 6.07) is 4.56. The van der Waals surface area contributed by atoms with Crippen molar-refractivity contribution in [3.8, 4) is 0 Å². The van der Waals surface area contributed by atoms with Crippen LogP contribution in [0, 0.1) is 22.0 Å². The Morgan fingerprint density at radius 2 is 1.57 bits per heavy atom. The molecule has 10 heteroatoms. The average molecular weight is 482 g/mol. The van der Waals surface area contributed by atoms with E-state index in [1.54, 1.807) is 12.1 Å². The number of nitro benzene ring substituents is 1.